The summed E-state index contributed by atoms with van der Waals surface area (Å²) in [5.41, 5.74) is 1.54. The van der Waals surface area contributed by atoms with Crippen molar-refractivity contribution in [2.24, 2.45) is 5.92 Å². The zero-order chi connectivity index (χ0) is 21.5. The summed E-state index contributed by atoms with van der Waals surface area (Å²) in [6.45, 7) is 9.66. The minimum atomic E-state index is -3.68. The molecule has 0 aliphatic rings. The molecule has 1 aromatic carbocycles. The van der Waals surface area contributed by atoms with Gasteiger partial charge in [0.1, 0.15) is 0 Å². The number of ether oxygens (including phenoxy) is 1. The maximum Gasteiger partial charge on any atom is 0.407 e. The molecule has 0 aromatic heterocycles. The number of amides is 2. The Bertz CT molecular complexity index is 806. The van der Waals surface area contributed by atoms with E-state index in [2.05, 4.69) is 15.4 Å². The molecule has 1 rings (SSSR count). The largest absolute Gasteiger partial charge is 0.450 e. The van der Waals surface area contributed by atoms with Crippen molar-refractivity contribution in [3.63, 3.8) is 0 Å². The lowest BCUT2D eigenvalue weighted by atomic mass is 10.0. The van der Waals surface area contributed by atoms with Crippen LogP contribution >= 0.6 is 0 Å². The number of rotatable bonds is 9. The van der Waals surface area contributed by atoms with Crippen LogP contribution < -0.4 is 15.4 Å². The van der Waals surface area contributed by atoms with E-state index in [4.69, 9.17) is 4.74 Å². The summed E-state index contributed by atoms with van der Waals surface area (Å²) in [4.78, 5) is 24.4. The highest BCUT2D eigenvalue weighted by Crippen LogP contribution is 2.21. The van der Waals surface area contributed by atoms with E-state index in [-0.39, 0.29) is 29.7 Å². The third-order valence-electron chi connectivity index (χ3n) is 4.30. The first-order chi connectivity index (χ1) is 13.0. The number of benzene rings is 1. The molecule has 8 nitrogen and oxygen atoms in total. The average molecular weight is 414 g/mol. The molecule has 0 saturated carbocycles. The van der Waals surface area contributed by atoms with Gasteiger partial charge in [-0.3, -0.25) is 4.79 Å². The second kappa shape index (κ2) is 10.4. The Morgan fingerprint density at radius 2 is 1.82 bits per heavy atom. The first-order valence-electron chi connectivity index (χ1n) is 9.28. The lowest BCUT2D eigenvalue weighted by Crippen LogP contribution is -2.44. The fourth-order valence-electron chi connectivity index (χ4n) is 2.77. The Morgan fingerprint density at radius 1 is 1.18 bits per heavy atom. The van der Waals surface area contributed by atoms with E-state index in [1.54, 1.807) is 26.8 Å². The number of alkyl carbamates (subject to hydrolysis) is 1. The molecule has 28 heavy (non-hydrogen) atoms. The highest BCUT2D eigenvalue weighted by molar-refractivity contribution is 7.89. The maximum atomic E-state index is 12.6. The summed E-state index contributed by atoms with van der Waals surface area (Å²) in [7, 11) is -2.35. The van der Waals surface area contributed by atoms with Crippen LogP contribution in [0.4, 0.5) is 4.79 Å². The van der Waals surface area contributed by atoms with Crippen LogP contribution in [0.15, 0.2) is 17.0 Å². The number of hydrogen-bond acceptors (Lipinski definition) is 5. The molecule has 0 heterocycles. The van der Waals surface area contributed by atoms with Crippen LogP contribution in [0.2, 0.25) is 0 Å². The first-order valence-corrected chi connectivity index (χ1v) is 10.8. The molecule has 2 amide bonds. The summed E-state index contributed by atoms with van der Waals surface area (Å²) in [6.07, 6.45) is 0.127. The van der Waals surface area contributed by atoms with Crippen molar-refractivity contribution in [1.29, 1.82) is 0 Å². The van der Waals surface area contributed by atoms with Crippen LogP contribution in [0.3, 0.4) is 0 Å². The smallest absolute Gasteiger partial charge is 0.407 e. The molecule has 158 valence electrons. The topological polar surface area (TPSA) is 114 Å². The Labute approximate surface area is 167 Å². The van der Waals surface area contributed by atoms with Gasteiger partial charge < -0.3 is 15.4 Å². The third-order valence-corrected chi connectivity index (χ3v) is 5.84. The van der Waals surface area contributed by atoms with Crippen molar-refractivity contribution < 1.29 is 22.7 Å². The fraction of sp³-hybridized carbons (Fsp3) is 0.579. The van der Waals surface area contributed by atoms with E-state index in [1.165, 1.54) is 13.1 Å². The lowest BCUT2D eigenvalue weighted by molar-refractivity contribution is 0.0944. The minimum absolute atomic E-state index is 0.0727. The monoisotopic (exact) mass is 413 g/mol. The zero-order valence-electron chi connectivity index (χ0n) is 17.4. The van der Waals surface area contributed by atoms with Crippen LogP contribution in [0.5, 0.6) is 0 Å². The number of nitrogens with one attached hydrogen (secondary N) is 3. The molecule has 0 fully saturated rings. The number of sulfonamides is 1. The van der Waals surface area contributed by atoms with E-state index < -0.39 is 22.0 Å². The quantitative estimate of drug-likeness (QED) is 0.574. The molecule has 9 heteroatoms. The summed E-state index contributed by atoms with van der Waals surface area (Å²) in [5, 5.41) is 5.51. The van der Waals surface area contributed by atoms with Gasteiger partial charge in [-0.2, -0.15) is 0 Å². The van der Waals surface area contributed by atoms with Gasteiger partial charge in [0.15, 0.2) is 0 Å². The Morgan fingerprint density at radius 3 is 2.36 bits per heavy atom. The van der Waals surface area contributed by atoms with Gasteiger partial charge in [0.05, 0.1) is 11.5 Å². The molecule has 0 aliphatic heterocycles. The predicted molar refractivity (Wildman–Crippen MR) is 108 cm³/mol. The normalized spacial score (nSPS) is 12.5. The number of carbonyl (C=O) groups excluding carboxylic acids is 2. The van der Waals surface area contributed by atoms with Gasteiger partial charge in [-0.25, -0.2) is 17.9 Å². The van der Waals surface area contributed by atoms with Crippen LogP contribution in [0, 0.1) is 19.8 Å². The van der Waals surface area contributed by atoms with E-state index in [0.717, 1.165) is 0 Å². The predicted octanol–water partition coefficient (Wildman–Crippen LogP) is 2.10. The SMILES string of the molecule is CCOC(=O)NC(CNC(=O)c1cc(C)c(C)c(S(=O)(=O)NC)c1)CC(C)C. The lowest BCUT2D eigenvalue weighted by Gasteiger charge is -2.21. The molecule has 0 aliphatic carbocycles. The number of aryl methyl sites for hydroxylation is 1. The third kappa shape index (κ3) is 6.79. The summed E-state index contributed by atoms with van der Waals surface area (Å²) in [6, 6.07) is 2.71. The molecule has 3 N–H and O–H groups in total. The van der Waals surface area contributed by atoms with Crippen LogP contribution in [-0.2, 0) is 14.8 Å². The van der Waals surface area contributed by atoms with Crippen LogP contribution in [0.1, 0.15) is 48.7 Å². The van der Waals surface area contributed by atoms with Gasteiger partial charge in [-0.1, -0.05) is 13.8 Å². The highest BCUT2D eigenvalue weighted by Gasteiger charge is 2.21. The van der Waals surface area contributed by atoms with E-state index in [1.807, 2.05) is 13.8 Å². The molecule has 1 aromatic rings. The van der Waals surface area contributed by atoms with Crippen molar-refractivity contribution in [3.05, 3.63) is 28.8 Å². The summed E-state index contributed by atoms with van der Waals surface area (Å²) in [5.74, 6) is -0.104. The van der Waals surface area contributed by atoms with Crippen molar-refractivity contribution in [3.8, 4) is 0 Å². The average Bonchev–Trinajstić information content (AvgIpc) is 2.61. The Hall–Kier alpha value is -2.13. The van der Waals surface area contributed by atoms with Crippen molar-refractivity contribution >= 4 is 22.0 Å². The van der Waals surface area contributed by atoms with Gasteiger partial charge >= 0.3 is 6.09 Å². The van der Waals surface area contributed by atoms with Gasteiger partial charge in [0.2, 0.25) is 10.0 Å². The Kier molecular flexibility index (Phi) is 8.90. The number of hydrogen-bond donors (Lipinski definition) is 3. The van der Waals surface area contributed by atoms with Gasteiger partial charge in [0.25, 0.3) is 5.91 Å². The molecule has 0 bridgehead atoms. The minimum Gasteiger partial charge on any atom is -0.450 e. The van der Waals surface area contributed by atoms with E-state index in [9.17, 15) is 18.0 Å². The molecule has 0 spiro atoms. The second-order valence-corrected chi connectivity index (χ2v) is 8.88. The van der Waals surface area contributed by atoms with Crippen molar-refractivity contribution in [1.82, 2.24) is 15.4 Å². The summed E-state index contributed by atoms with van der Waals surface area (Å²) >= 11 is 0. The van der Waals surface area contributed by atoms with Gasteiger partial charge in [-0.15, -0.1) is 0 Å². The van der Waals surface area contributed by atoms with Crippen molar-refractivity contribution in [2.45, 2.75) is 52.0 Å². The number of carbonyl (C=O) groups is 2. The first kappa shape index (κ1) is 23.9. The molecular weight excluding hydrogens is 382 g/mol. The van der Waals surface area contributed by atoms with Crippen LogP contribution in [-0.4, -0.2) is 46.7 Å². The summed E-state index contributed by atoms with van der Waals surface area (Å²) < 4.78 is 31.6. The van der Waals surface area contributed by atoms with Crippen LogP contribution in [0.25, 0.3) is 0 Å². The highest BCUT2D eigenvalue weighted by atomic mass is 32.2. The fourth-order valence-corrected chi connectivity index (χ4v) is 3.83. The maximum absolute atomic E-state index is 12.6. The van der Waals surface area contributed by atoms with E-state index in [0.29, 0.717) is 23.5 Å². The molecule has 0 radical (unpaired) electrons. The zero-order valence-corrected chi connectivity index (χ0v) is 18.2. The molecule has 1 unspecified atom stereocenters. The molecule has 0 saturated heterocycles. The Balaban J connectivity index is 2.97. The van der Waals surface area contributed by atoms with E-state index >= 15 is 0 Å². The van der Waals surface area contributed by atoms with Crippen molar-refractivity contribution in [2.75, 3.05) is 20.2 Å². The van der Waals surface area contributed by atoms with Gasteiger partial charge in [0, 0.05) is 18.2 Å². The second-order valence-electron chi connectivity index (χ2n) is 7.03. The molecule has 1 atom stereocenters. The van der Waals surface area contributed by atoms with Gasteiger partial charge in [-0.05, 0) is 63.4 Å². The standard InChI is InChI=1S/C19H31N3O5S/c1-7-27-19(24)22-16(8-12(2)3)11-21-18(23)15-9-13(4)14(5)17(10-15)28(25,26)20-6/h9-10,12,16,20H,7-8,11H2,1-6H3,(H,21,23)(H,22,24). The molecular formula is C19H31N3O5S.